The van der Waals surface area contributed by atoms with Gasteiger partial charge in [-0.05, 0) is 108 Å². The molecule has 0 saturated carbocycles. The van der Waals surface area contributed by atoms with Gasteiger partial charge >= 0.3 is 0 Å². The second-order valence-corrected chi connectivity index (χ2v) is 19.4. The molecule has 0 unspecified atom stereocenters. The molecule has 0 spiro atoms. The summed E-state index contributed by atoms with van der Waals surface area (Å²) in [6.07, 6.45) is 0. The Labute approximate surface area is 392 Å². The van der Waals surface area contributed by atoms with Crippen molar-refractivity contribution < 1.29 is 6.85 Å². The summed E-state index contributed by atoms with van der Waals surface area (Å²) in [5.74, 6) is 0. The van der Waals surface area contributed by atoms with Crippen molar-refractivity contribution in [2.24, 2.45) is 0 Å². The molecule has 0 aliphatic carbocycles. The fourth-order valence-corrected chi connectivity index (χ4v) is 10.1. The Bertz CT molecular complexity index is 3490. The van der Waals surface area contributed by atoms with E-state index in [1.807, 2.05) is 12.1 Å². The van der Waals surface area contributed by atoms with Gasteiger partial charge in [0.25, 0.3) is 6.71 Å². The number of anilines is 6. The number of rotatable bonds is 6. The third kappa shape index (κ3) is 6.98. The summed E-state index contributed by atoms with van der Waals surface area (Å²) in [7, 11) is 0. The van der Waals surface area contributed by atoms with Crippen molar-refractivity contribution in [3.05, 3.63) is 223 Å². The van der Waals surface area contributed by atoms with E-state index in [4.69, 9.17) is 4.11 Å². The monoisotopic (exact) mass is 841 g/mol. The molecule has 314 valence electrons. The lowest BCUT2D eigenvalue weighted by Gasteiger charge is -2.45. The second-order valence-electron chi connectivity index (χ2n) is 19.4. The third-order valence-electron chi connectivity index (χ3n) is 13.2. The van der Waals surface area contributed by atoms with E-state index in [2.05, 4.69) is 221 Å². The van der Waals surface area contributed by atoms with E-state index in [0.29, 0.717) is 5.56 Å². The topological polar surface area (TPSA) is 6.48 Å². The molecule has 0 N–H and O–H groups in total. The fraction of sp³-hybridized carbons (Fsp3) is 0.129. The Balaban J connectivity index is 1.33. The maximum absolute atomic E-state index is 9.40. The zero-order chi connectivity index (χ0) is 48.8. The first-order chi connectivity index (χ1) is 33.6. The number of hydrogen-bond donors (Lipinski definition) is 0. The molecule has 2 heterocycles. The SMILES string of the molecule is [2H]c1c([2H])c([2H])c(-c2cc3c4c(c2)N(c2ccccc2-c2ccccc2)c2ccc(C(C)(C)C)cc2B4c2cc(-c4ccccc4C(C)(C)C)ccc2N3c2ccccc2-c2ccccc2)c([2H])c1[2H]. The fourth-order valence-electron chi connectivity index (χ4n) is 10.1. The van der Waals surface area contributed by atoms with Crippen LogP contribution in [0.15, 0.2) is 212 Å². The number of fused-ring (bicyclic) bond motifs is 4. The first kappa shape index (κ1) is 35.0. The predicted molar refractivity (Wildman–Crippen MR) is 280 cm³/mol. The van der Waals surface area contributed by atoms with Crippen molar-refractivity contribution in [3.8, 4) is 44.5 Å². The standard InChI is InChI=1S/C62H53BN2/c1-61(2,3)47-35-37-57-53(41-47)63-52-38-45(48-28-16-19-31-51(48)62(4,5)6)34-36-56(52)64(54-32-20-17-29-49(54)43-24-12-8-13-25-43)58-39-46(42-22-10-7-11-23-42)40-59(60(58)63)65(57)55-33-21-18-30-50(55)44-26-14-9-15-27-44/h7-41H,1-6H3/i7D,10D,11D,22D,23D. The largest absolute Gasteiger partial charge is 0.311 e. The van der Waals surface area contributed by atoms with Crippen LogP contribution < -0.4 is 26.2 Å². The van der Waals surface area contributed by atoms with Gasteiger partial charge < -0.3 is 9.80 Å². The summed E-state index contributed by atoms with van der Waals surface area (Å²) < 4.78 is 45.2. The van der Waals surface area contributed by atoms with E-state index in [0.717, 1.165) is 78.3 Å². The van der Waals surface area contributed by atoms with E-state index < -0.39 is 6.04 Å². The molecule has 2 nitrogen and oxygen atoms in total. The van der Waals surface area contributed by atoms with E-state index in [1.54, 1.807) is 0 Å². The second kappa shape index (κ2) is 15.7. The minimum atomic E-state index is -0.420. The molecule has 0 radical (unpaired) electrons. The number of hydrogen-bond acceptors (Lipinski definition) is 2. The molecule has 0 aromatic heterocycles. The summed E-state index contributed by atoms with van der Waals surface area (Å²) in [6.45, 7) is 13.4. The van der Waals surface area contributed by atoms with E-state index in [-0.39, 0.29) is 47.3 Å². The van der Waals surface area contributed by atoms with Crippen LogP contribution in [0.25, 0.3) is 44.5 Å². The van der Waals surface area contributed by atoms with Crippen LogP contribution in [-0.2, 0) is 10.8 Å². The van der Waals surface area contributed by atoms with E-state index >= 15 is 0 Å². The summed E-state index contributed by atoms with van der Waals surface area (Å²) >= 11 is 0. The summed E-state index contributed by atoms with van der Waals surface area (Å²) in [5.41, 5.74) is 18.5. The number of para-hydroxylation sites is 2. The predicted octanol–water partition coefficient (Wildman–Crippen LogP) is 15.0. The van der Waals surface area contributed by atoms with Gasteiger partial charge in [0, 0.05) is 33.9 Å². The summed E-state index contributed by atoms with van der Waals surface area (Å²) in [5, 5.41) is 0. The zero-order valence-corrected chi connectivity index (χ0v) is 37.8. The molecule has 2 aliphatic heterocycles. The van der Waals surface area contributed by atoms with Crippen LogP contribution in [0.4, 0.5) is 34.1 Å². The van der Waals surface area contributed by atoms with Gasteiger partial charge in [-0.25, -0.2) is 0 Å². The first-order valence-electron chi connectivity index (χ1n) is 25.1. The Morgan fingerprint density at radius 3 is 1.42 bits per heavy atom. The van der Waals surface area contributed by atoms with Gasteiger partial charge in [-0.15, -0.1) is 0 Å². The van der Waals surface area contributed by atoms with E-state index in [1.165, 1.54) is 16.7 Å². The van der Waals surface area contributed by atoms with Gasteiger partial charge in [-0.1, -0.05) is 217 Å². The highest BCUT2D eigenvalue weighted by Gasteiger charge is 2.45. The average molecular weight is 842 g/mol. The van der Waals surface area contributed by atoms with Crippen molar-refractivity contribution in [1.29, 1.82) is 0 Å². The summed E-state index contributed by atoms with van der Waals surface area (Å²) in [6, 6.07) is 63.1. The molecular formula is C62H53BN2. The van der Waals surface area contributed by atoms with Crippen molar-refractivity contribution >= 4 is 57.2 Å². The molecule has 0 atom stereocenters. The molecule has 9 aromatic carbocycles. The Kier molecular flexibility index (Phi) is 8.47. The zero-order valence-electron chi connectivity index (χ0n) is 42.8. The number of benzene rings is 9. The van der Waals surface area contributed by atoms with Gasteiger partial charge in [-0.3, -0.25) is 0 Å². The Morgan fingerprint density at radius 1 is 0.369 bits per heavy atom. The van der Waals surface area contributed by atoms with Crippen LogP contribution in [0.2, 0.25) is 0 Å². The van der Waals surface area contributed by atoms with Crippen molar-refractivity contribution in [2.45, 2.75) is 52.4 Å². The highest BCUT2D eigenvalue weighted by atomic mass is 15.2. The lowest BCUT2D eigenvalue weighted by Crippen LogP contribution is -2.61. The molecule has 0 saturated heterocycles. The van der Waals surface area contributed by atoms with Crippen LogP contribution in [-0.4, -0.2) is 6.71 Å². The van der Waals surface area contributed by atoms with Gasteiger partial charge in [0.05, 0.1) is 18.2 Å². The van der Waals surface area contributed by atoms with Crippen molar-refractivity contribution in [3.63, 3.8) is 0 Å². The van der Waals surface area contributed by atoms with Gasteiger partial charge in [0.1, 0.15) is 0 Å². The molecule has 9 aromatic rings. The van der Waals surface area contributed by atoms with Crippen LogP contribution >= 0.6 is 0 Å². The molecule has 0 fully saturated rings. The first-order valence-corrected chi connectivity index (χ1v) is 22.6. The Morgan fingerprint density at radius 2 is 0.862 bits per heavy atom. The molecule has 2 aliphatic rings. The quantitative estimate of drug-likeness (QED) is 0.154. The maximum atomic E-state index is 9.40. The highest BCUT2D eigenvalue weighted by molar-refractivity contribution is 7.00. The van der Waals surface area contributed by atoms with E-state index in [9.17, 15) is 2.74 Å². The molecule has 3 heteroatoms. The van der Waals surface area contributed by atoms with Crippen LogP contribution in [0, 0.1) is 0 Å². The van der Waals surface area contributed by atoms with Gasteiger partial charge in [0.15, 0.2) is 0 Å². The molecular weight excluding hydrogens is 784 g/mol. The normalized spacial score (nSPS) is 14.1. The van der Waals surface area contributed by atoms with Gasteiger partial charge in [0.2, 0.25) is 0 Å². The summed E-state index contributed by atoms with van der Waals surface area (Å²) in [4.78, 5) is 4.73. The van der Waals surface area contributed by atoms with Crippen molar-refractivity contribution in [1.82, 2.24) is 0 Å². The highest BCUT2D eigenvalue weighted by Crippen LogP contribution is 2.50. The van der Waals surface area contributed by atoms with Crippen LogP contribution in [0.5, 0.6) is 0 Å². The third-order valence-corrected chi connectivity index (χ3v) is 13.2. The lowest BCUT2D eigenvalue weighted by molar-refractivity contribution is 0.591. The van der Waals surface area contributed by atoms with Crippen LogP contribution in [0.3, 0.4) is 0 Å². The van der Waals surface area contributed by atoms with Crippen molar-refractivity contribution in [2.75, 3.05) is 9.80 Å². The molecule has 0 bridgehead atoms. The smallest absolute Gasteiger partial charge is 0.252 e. The molecule has 0 amide bonds. The molecule has 65 heavy (non-hydrogen) atoms. The lowest BCUT2D eigenvalue weighted by atomic mass is 9.33. The minimum absolute atomic E-state index is 0.113. The number of nitrogens with zero attached hydrogens (tertiary/aromatic N) is 2. The maximum Gasteiger partial charge on any atom is 0.252 e. The minimum Gasteiger partial charge on any atom is -0.311 e. The molecule has 11 rings (SSSR count). The van der Waals surface area contributed by atoms with Crippen LogP contribution in [0.1, 0.15) is 59.5 Å². The van der Waals surface area contributed by atoms with Gasteiger partial charge in [-0.2, -0.15) is 0 Å². The Hall–Kier alpha value is -7.36. The average Bonchev–Trinajstić information content (AvgIpc) is 3.37.